The first-order chi connectivity index (χ1) is 16.5. The Kier molecular flexibility index (Phi) is 5.72. The SMILES string of the molecule is Oc1ccc(C2(CCCCCCC3(C4=CCC(O)C(O)C4)C4CCCN43)C3CCCN32)cc1O. The molecule has 4 heterocycles. The average molecular weight is 469 g/mol. The predicted octanol–water partition coefficient (Wildman–Crippen LogP) is 3.77. The number of hydrogen-bond donors (Lipinski definition) is 4. The molecule has 0 spiro atoms. The summed E-state index contributed by atoms with van der Waals surface area (Å²) in [5.41, 5.74) is 2.78. The highest BCUT2D eigenvalue weighted by Crippen LogP contribution is 2.60. The fourth-order valence-corrected chi connectivity index (χ4v) is 8.16. The van der Waals surface area contributed by atoms with E-state index >= 15 is 0 Å². The Morgan fingerprint density at radius 1 is 0.794 bits per heavy atom. The fourth-order valence-electron chi connectivity index (χ4n) is 8.16. The molecule has 0 aromatic heterocycles. The molecule has 5 aliphatic rings. The third-order valence-electron chi connectivity index (χ3n) is 9.87. The van der Waals surface area contributed by atoms with Gasteiger partial charge >= 0.3 is 0 Å². The highest BCUT2D eigenvalue weighted by atomic mass is 16.3. The maximum absolute atomic E-state index is 10.3. The van der Waals surface area contributed by atoms with Gasteiger partial charge in [-0.2, -0.15) is 0 Å². The molecule has 1 aliphatic carbocycles. The number of nitrogens with zero attached hydrogens (tertiary/aromatic N) is 2. The van der Waals surface area contributed by atoms with Crippen LogP contribution in [0.1, 0.15) is 82.6 Å². The molecule has 0 amide bonds. The lowest BCUT2D eigenvalue weighted by atomic mass is 9.79. The molecule has 1 aromatic carbocycles. The molecule has 6 heteroatoms. The van der Waals surface area contributed by atoms with Gasteiger partial charge in [-0.05, 0) is 87.7 Å². The molecule has 6 nitrogen and oxygen atoms in total. The molecule has 186 valence electrons. The van der Waals surface area contributed by atoms with Gasteiger partial charge in [-0.3, -0.25) is 9.80 Å². The van der Waals surface area contributed by atoms with Crippen molar-refractivity contribution in [2.45, 2.75) is 112 Å². The van der Waals surface area contributed by atoms with Crippen molar-refractivity contribution in [1.82, 2.24) is 9.80 Å². The van der Waals surface area contributed by atoms with Gasteiger partial charge in [0.15, 0.2) is 11.5 Å². The van der Waals surface area contributed by atoms with Gasteiger partial charge in [0.05, 0.1) is 23.3 Å². The van der Waals surface area contributed by atoms with Gasteiger partial charge in [-0.15, -0.1) is 0 Å². The van der Waals surface area contributed by atoms with Crippen LogP contribution in [0.2, 0.25) is 0 Å². The van der Waals surface area contributed by atoms with Gasteiger partial charge in [0, 0.05) is 12.1 Å². The van der Waals surface area contributed by atoms with Crippen LogP contribution in [0.5, 0.6) is 11.5 Å². The summed E-state index contributed by atoms with van der Waals surface area (Å²) in [5, 5.41) is 40.1. The molecular formula is C28H40N2O4. The van der Waals surface area contributed by atoms with E-state index in [1.807, 2.05) is 6.07 Å². The van der Waals surface area contributed by atoms with Gasteiger partial charge in [0.25, 0.3) is 0 Å². The van der Waals surface area contributed by atoms with Crippen molar-refractivity contribution in [3.63, 3.8) is 0 Å². The molecule has 6 rings (SSSR count). The third-order valence-corrected chi connectivity index (χ3v) is 9.87. The zero-order chi connectivity index (χ0) is 23.5. The number of piperidine rings is 2. The molecule has 4 N–H and O–H groups in total. The number of unbranched alkanes of at least 4 members (excludes halogenated alkanes) is 3. The van der Waals surface area contributed by atoms with Crippen LogP contribution in [-0.4, -0.2) is 73.1 Å². The first-order valence-electron chi connectivity index (χ1n) is 13.6. The number of aromatic hydroxyl groups is 2. The van der Waals surface area contributed by atoms with Crippen molar-refractivity contribution in [3.8, 4) is 11.5 Å². The van der Waals surface area contributed by atoms with Crippen molar-refractivity contribution in [3.05, 3.63) is 35.4 Å². The molecule has 8 atom stereocenters. The highest BCUT2D eigenvalue weighted by molar-refractivity contribution is 5.47. The molecule has 0 radical (unpaired) electrons. The Morgan fingerprint density at radius 2 is 1.44 bits per heavy atom. The second kappa shape index (κ2) is 8.51. The Bertz CT molecular complexity index is 942. The van der Waals surface area contributed by atoms with Crippen LogP contribution >= 0.6 is 0 Å². The normalized spacial score (nSPS) is 42.2. The van der Waals surface area contributed by atoms with E-state index in [-0.39, 0.29) is 22.6 Å². The van der Waals surface area contributed by atoms with E-state index in [0.717, 1.165) is 18.5 Å². The van der Waals surface area contributed by atoms with Crippen LogP contribution in [0.15, 0.2) is 29.8 Å². The summed E-state index contributed by atoms with van der Waals surface area (Å²) in [4.78, 5) is 5.26. The van der Waals surface area contributed by atoms with E-state index in [4.69, 9.17) is 0 Å². The van der Waals surface area contributed by atoms with Crippen molar-refractivity contribution in [1.29, 1.82) is 0 Å². The minimum atomic E-state index is -0.608. The summed E-state index contributed by atoms with van der Waals surface area (Å²) in [7, 11) is 0. The molecule has 4 aliphatic heterocycles. The average Bonchev–Trinajstić information content (AvgIpc) is 3.34. The number of benzene rings is 1. The third kappa shape index (κ3) is 3.44. The second-order valence-electron chi connectivity index (χ2n) is 11.5. The molecule has 4 saturated heterocycles. The van der Waals surface area contributed by atoms with E-state index in [0.29, 0.717) is 24.9 Å². The lowest BCUT2D eigenvalue weighted by Crippen LogP contribution is -2.35. The summed E-state index contributed by atoms with van der Waals surface area (Å²) >= 11 is 0. The number of aliphatic hydroxyl groups is 2. The monoisotopic (exact) mass is 468 g/mol. The molecule has 0 bridgehead atoms. The molecule has 0 saturated carbocycles. The number of hydrogen-bond acceptors (Lipinski definition) is 6. The van der Waals surface area contributed by atoms with Crippen LogP contribution in [0.25, 0.3) is 0 Å². The van der Waals surface area contributed by atoms with Gasteiger partial charge in [-0.25, -0.2) is 0 Å². The van der Waals surface area contributed by atoms with Crippen molar-refractivity contribution < 1.29 is 20.4 Å². The number of fused-ring (bicyclic) bond motifs is 2. The van der Waals surface area contributed by atoms with Crippen LogP contribution in [0.4, 0.5) is 0 Å². The Morgan fingerprint density at radius 3 is 2.03 bits per heavy atom. The Balaban J connectivity index is 1.04. The number of phenols is 2. The van der Waals surface area contributed by atoms with E-state index in [9.17, 15) is 20.4 Å². The first kappa shape index (κ1) is 22.8. The quantitative estimate of drug-likeness (QED) is 0.191. The van der Waals surface area contributed by atoms with Gasteiger partial charge < -0.3 is 20.4 Å². The molecule has 1 aromatic rings. The van der Waals surface area contributed by atoms with Crippen LogP contribution in [0.3, 0.4) is 0 Å². The lowest BCUT2D eigenvalue weighted by Gasteiger charge is -2.31. The Labute approximate surface area is 202 Å². The van der Waals surface area contributed by atoms with Gasteiger partial charge in [0.1, 0.15) is 0 Å². The summed E-state index contributed by atoms with van der Waals surface area (Å²) in [6, 6.07) is 6.67. The standard InChI is InChI=1S/C28H40N2O4/c31-21-11-9-19(17-23(21)33)27(25-7-5-15-29(25)27)13-3-1-2-4-14-28(26-8-6-16-30(26)28)20-10-12-22(32)24(34)18-20/h9-11,17,22,24-26,31-34H,1-8,12-16,18H2. The fraction of sp³-hybridized carbons (Fsp3) is 0.714. The van der Waals surface area contributed by atoms with Crippen molar-refractivity contribution in [2.75, 3.05) is 13.1 Å². The summed E-state index contributed by atoms with van der Waals surface area (Å²) in [6.07, 6.45) is 14.4. The van der Waals surface area contributed by atoms with Gasteiger partial charge in [-0.1, -0.05) is 37.8 Å². The molecule has 8 unspecified atom stereocenters. The maximum Gasteiger partial charge on any atom is 0.157 e. The Hall–Kier alpha value is -1.60. The van der Waals surface area contributed by atoms with E-state index < -0.39 is 12.2 Å². The second-order valence-corrected chi connectivity index (χ2v) is 11.5. The highest BCUT2D eigenvalue weighted by Gasteiger charge is 2.66. The van der Waals surface area contributed by atoms with Crippen molar-refractivity contribution in [2.24, 2.45) is 0 Å². The topological polar surface area (TPSA) is 86.9 Å². The maximum atomic E-state index is 10.3. The molecule has 34 heavy (non-hydrogen) atoms. The molecule has 4 fully saturated rings. The zero-order valence-corrected chi connectivity index (χ0v) is 20.2. The van der Waals surface area contributed by atoms with E-state index in [1.165, 1.54) is 69.9 Å². The minimum Gasteiger partial charge on any atom is -0.504 e. The van der Waals surface area contributed by atoms with Crippen LogP contribution in [0, 0.1) is 0 Å². The van der Waals surface area contributed by atoms with Crippen LogP contribution in [-0.2, 0) is 5.54 Å². The largest absolute Gasteiger partial charge is 0.504 e. The number of aliphatic hydroxyl groups excluding tert-OH is 2. The number of rotatable bonds is 9. The van der Waals surface area contributed by atoms with E-state index in [1.54, 1.807) is 12.1 Å². The first-order valence-corrected chi connectivity index (χ1v) is 13.6. The predicted molar refractivity (Wildman–Crippen MR) is 131 cm³/mol. The van der Waals surface area contributed by atoms with Crippen LogP contribution < -0.4 is 0 Å². The summed E-state index contributed by atoms with van der Waals surface area (Å²) in [5.74, 6) is -0.0442. The summed E-state index contributed by atoms with van der Waals surface area (Å²) in [6.45, 7) is 2.32. The van der Waals surface area contributed by atoms with E-state index in [2.05, 4.69) is 15.9 Å². The van der Waals surface area contributed by atoms with Gasteiger partial charge in [0.2, 0.25) is 0 Å². The van der Waals surface area contributed by atoms with Crippen molar-refractivity contribution >= 4 is 0 Å². The zero-order valence-electron chi connectivity index (χ0n) is 20.2. The smallest absolute Gasteiger partial charge is 0.157 e. The molecular weight excluding hydrogens is 428 g/mol. The number of phenolic OH excluding ortho intramolecular Hbond substituents is 2. The minimum absolute atomic E-state index is 0.00650. The lowest BCUT2D eigenvalue weighted by molar-refractivity contribution is 0.0146. The summed E-state index contributed by atoms with van der Waals surface area (Å²) < 4.78 is 0.